The van der Waals surface area contributed by atoms with Gasteiger partial charge in [-0.25, -0.2) is 0 Å². The number of carbonyl (C=O) groups excluding carboxylic acids is 1. The van der Waals surface area contributed by atoms with Crippen LogP contribution in [-0.4, -0.2) is 10.8 Å². The lowest BCUT2D eigenvalue weighted by atomic mass is 9.74. The van der Waals surface area contributed by atoms with Crippen LogP contribution in [0.4, 0.5) is 5.69 Å². The quantitative estimate of drug-likeness (QED) is 0.541. The van der Waals surface area contributed by atoms with Gasteiger partial charge in [0, 0.05) is 40.9 Å². The van der Waals surface area contributed by atoms with Crippen molar-refractivity contribution in [3.8, 4) is 0 Å². The molecule has 0 bridgehead atoms. The fourth-order valence-corrected chi connectivity index (χ4v) is 4.70. The van der Waals surface area contributed by atoms with Crippen LogP contribution in [0.1, 0.15) is 36.3 Å². The largest absolute Gasteiger partial charge is 0.358 e. The number of ketones is 1. The molecule has 2 aromatic carbocycles. The Hall–Kier alpha value is -2.36. The Morgan fingerprint density at radius 3 is 2.81 bits per heavy atom. The van der Waals surface area contributed by atoms with E-state index < -0.39 is 0 Å². The van der Waals surface area contributed by atoms with Gasteiger partial charge in [-0.15, -0.1) is 0 Å². The van der Waals surface area contributed by atoms with Crippen LogP contribution in [0.2, 0.25) is 10.0 Å². The molecule has 2 heterocycles. The van der Waals surface area contributed by atoms with E-state index in [1.165, 1.54) is 0 Å². The van der Waals surface area contributed by atoms with Crippen LogP contribution in [0, 0.1) is 0 Å². The SMILES string of the molecule is O=C1CCCC2=C1C(c1cccc(Cl)c1Cl)c1c(ccc3ncccc13)N2. The van der Waals surface area contributed by atoms with Gasteiger partial charge in [-0.2, -0.15) is 0 Å². The summed E-state index contributed by atoms with van der Waals surface area (Å²) in [6.07, 6.45) is 4.07. The van der Waals surface area contributed by atoms with Crippen molar-refractivity contribution in [2.45, 2.75) is 25.2 Å². The third-order valence-corrected chi connectivity index (χ3v) is 6.27. The van der Waals surface area contributed by atoms with Crippen LogP contribution >= 0.6 is 23.2 Å². The van der Waals surface area contributed by atoms with Gasteiger partial charge >= 0.3 is 0 Å². The Bertz CT molecular complexity index is 1140. The number of carbonyl (C=O) groups is 1. The number of rotatable bonds is 1. The summed E-state index contributed by atoms with van der Waals surface area (Å²) in [4.78, 5) is 17.5. The molecule has 27 heavy (non-hydrogen) atoms. The van der Waals surface area contributed by atoms with E-state index >= 15 is 0 Å². The molecule has 0 spiro atoms. The van der Waals surface area contributed by atoms with Gasteiger partial charge in [0.1, 0.15) is 0 Å². The summed E-state index contributed by atoms with van der Waals surface area (Å²) in [5, 5.41) is 5.53. The predicted octanol–water partition coefficient (Wildman–Crippen LogP) is 6.11. The van der Waals surface area contributed by atoms with Gasteiger partial charge < -0.3 is 5.32 Å². The molecule has 1 N–H and O–H groups in total. The summed E-state index contributed by atoms with van der Waals surface area (Å²) in [6, 6.07) is 13.7. The minimum absolute atomic E-state index is 0.177. The molecule has 1 aromatic heterocycles. The number of benzene rings is 2. The Labute approximate surface area is 167 Å². The summed E-state index contributed by atoms with van der Waals surface area (Å²) in [5.41, 5.74) is 5.63. The smallest absolute Gasteiger partial charge is 0.161 e. The molecule has 0 amide bonds. The third kappa shape index (κ3) is 2.57. The summed E-state index contributed by atoms with van der Waals surface area (Å²) in [5.74, 6) is -0.0699. The van der Waals surface area contributed by atoms with Crippen molar-refractivity contribution in [2.75, 3.05) is 5.32 Å². The van der Waals surface area contributed by atoms with E-state index in [9.17, 15) is 4.79 Å². The number of nitrogens with one attached hydrogen (secondary N) is 1. The molecule has 1 aliphatic carbocycles. The van der Waals surface area contributed by atoms with Gasteiger partial charge in [0.25, 0.3) is 0 Å². The van der Waals surface area contributed by atoms with E-state index in [4.69, 9.17) is 23.2 Å². The molecule has 5 heteroatoms. The molecule has 3 aromatic rings. The number of hydrogen-bond donors (Lipinski definition) is 1. The summed E-state index contributed by atoms with van der Waals surface area (Å²) < 4.78 is 0. The first-order valence-corrected chi connectivity index (χ1v) is 9.75. The van der Waals surface area contributed by atoms with Gasteiger partial charge in [-0.3, -0.25) is 9.78 Å². The van der Waals surface area contributed by atoms with Crippen LogP contribution in [0.25, 0.3) is 10.9 Å². The molecule has 3 nitrogen and oxygen atoms in total. The first-order valence-electron chi connectivity index (χ1n) is 9.00. The summed E-state index contributed by atoms with van der Waals surface area (Å²) in [6.45, 7) is 0. The number of Topliss-reactive ketones (excluding diaryl/α,β-unsaturated/α-hetero) is 1. The van der Waals surface area contributed by atoms with E-state index in [2.05, 4.69) is 10.3 Å². The second kappa shape index (κ2) is 6.36. The lowest BCUT2D eigenvalue weighted by molar-refractivity contribution is -0.116. The van der Waals surface area contributed by atoms with E-state index in [1.807, 2.05) is 36.4 Å². The van der Waals surface area contributed by atoms with Crippen molar-refractivity contribution in [2.24, 2.45) is 0 Å². The number of fused-ring (bicyclic) bond motifs is 3. The van der Waals surface area contributed by atoms with Gasteiger partial charge in [0.15, 0.2) is 5.78 Å². The number of nitrogens with zero attached hydrogens (tertiary/aromatic N) is 1. The Balaban J connectivity index is 1.87. The molecule has 134 valence electrons. The minimum atomic E-state index is -0.247. The maximum Gasteiger partial charge on any atom is 0.161 e. The van der Waals surface area contributed by atoms with Crippen molar-refractivity contribution in [1.29, 1.82) is 0 Å². The first-order chi connectivity index (χ1) is 13.1. The highest BCUT2D eigenvalue weighted by Crippen LogP contribution is 2.49. The van der Waals surface area contributed by atoms with Gasteiger partial charge in [-0.1, -0.05) is 41.4 Å². The van der Waals surface area contributed by atoms with Crippen molar-refractivity contribution < 1.29 is 4.79 Å². The Morgan fingerprint density at radius 2 is 1.93 bits per heavy atom. The highest BCUT2D eigenvalue weighted by atomic mass is 35.5. The van der Waals surface area contributed by atoms with E-state index in [1.54, 1.807) is 12.3 Å². The van der Waals surface area contributed by atoms with Crippen LogP contribution in [0.15, 0.2) is 59.9 Å². The monoisotopic (exact) mass is 394 g/mol. The number of pyridine rings is 1. The molecular formula is C22H16Cl2N2O. The molecule has 1 atom stereocenters. The number of allylic oxidation sites excluding steroid dienone is 2. The molecule has 2 aliphatic rings. The van der Waals surface area contributed by atoms with Gasteiger partial charge in [-0.05, 0) is 48.2 Å². The normalized spacial score (nSPS) is 18.9. The van der Waals surface area contributed by atoms with E-state index in [-0.39, 0.29) is 11.7 Å². The summed E-state index contributed by atoms with van der Waals surface area (Å²) in [7, 11) is 0. The fourth-order valence-electron chi connectivity index (χ4n) is 4.28. The third-order valence-electron chi connectivity index (χ3n) is 5.44. The zero-order valence-electron chi connectivity index (χ0n) is 14.4. The average Bonchev–Trinajstić information content (AvgIpc) is 2.69. The molecular weight excluding hydrogens is 379 g/mol. The van der Waals surface area contributed by atoms with E-state index in [0.717, 1.165) is 51.8 Å². The van der Waals surface area contributed by atoms with Crippen LogP contribution in [-0.2, 0) is 4.79 Å². The van der Waals surface area contributed by atoms with Crippen molar-refractivity contribution in [3.63, 3.8) is 0 Å². The number of anilines is 1. The second-order valence-corrected chi connectivity index (χ2v) is 7.75. The van der Waals surface area contributed by atoms with Crippen LogP contribution in [0.5, 0.6) is 0 Å². The maximum absolute atomic E-state index is 13.0. The van der Waals surface area contributed by atoms with Gasteiger partial charge in [0.05, 0.1) is 15.6 Å². The number of aromatic nitrogens is 1. The maximum atomic E-state index is 13.0. The van der Waals surface area contributed by atoms with Gasteiger partial charge in [0.2, 0.25) is 0 Å². The minimum Gasteiger partial charge on any atom is -0.358 e. The molecule has 0 radical (unpaired) electrons. The lowest BCUT2D eigenvalue weighted by Crippen LogP contribution is -2.27. The average molecular weight is 395 g/mol. The predicted molar refractivity (Wildman–Crippen MR) is 110 cm³/mol. The molecule has 1 aliphatic heterocycles. The highest BCUT2D eigenvalue weighted by Gasteiger charge is 2.37. The molecule has 1 unspecified atom stereocenters. The van der Waals surface area contributed by atoms with Crippen molar-refractivity contribution in [1.82, 2.24) is 4.98 Å². The molecule has 0 saturated heterocycles. The first kappa shape index (κ1) is 16.8. The Morgan fingerprint density at radius 1 is 1.04 bits per heavy atom. The number of halogens is 2. The zero-order valence-corrected chi connectivity index (χ0v) is 15.9. The molecule has 5 rings (SSSR count). The lowest BCUT2D eigenvalue weighted by Gasteiger charge is -2.35. The molecule has 0 saturated carbocycles. The van der Waals surface area contributed by atoms with Crippen molar-refractivity contribution >= 4 is 45.6 Å². The van der Waals surface area contributed by atoms with E-state index in [0.29, 0.717) is 16.5 Å². The standard InChI is InChI=1S/C22H16Cl2N2O/c23-14-6-1-4-13(22(14)24)20-19-12-5-3-11-25-15(12)9-10-17(19)26-16-7-2-8-18(27)21(16)20/h1,3-6,9-11,20,26H,2,7-8H2. The van der Waals surface area contributed by atoms with Crippen LogP contribution < -0.4 is 5.32 Å². The van der Waals surface area contributed by atoms with Crippen LogP contribution in [0.3, 0.4) is 0 Å². The second-order valence-electron chi connectivity index (χ2n) is 6.97. The highest BCUT2D eigenvalue weighted by molar-refractivity contribution is 6.42. The number of hydrogen-bond acceptors (Lipinski definition) is 3. The fraction of sp³-hybridized carbons (Fsp3) is 0.182. The molecule has 0 fully saturated rings. The Kier molecular flexibility index (Phi) is 3.96. The van der Waals surface area contributed by atoms with Crippen molar-refractivity contribution in [3.05, 3.63) is 81.1 Å². The zero-order chi connectivity index (χ0) is 18.5. The topological polar surface area (TPSA) is 42.0 Å². The summed E-state index contributed by atoms with van der Waals surface area (Å²) >= 11 is 13.0.